The lowest BCUT2D eigenvalue weighted by Gasteiger charge is -2.03. The van der Waals surface area contributed by atoms with E-state index in [4.69, 9.17) is 4.74 Å². The van der Waals surface area contributed by atoms with E-state index in [1.807, 2.05) is 5.38 Å². The summed E-state index contributed by atoms with van der Waals surface area (Å²) in [5, 5.41) is 5.38. The van der Waals surface area contributed by atoms with Gasteiger partial charge in [0.05, 0.1) is 24.4 Å². The number of aromatic nitrogens is 1. The van der Waals surface area contributed by atoms with Crippen molar-refractivity contribution in [1.29, 1.82) is 0 Å². The van der Waals surface area contributed by atoms with Gasteiger partial charge in [0.2, 0.25) is 0 Å². The smallest absolute Gasteiger partial charge is 0.306 e. The molecule has 20 heavy (non-hydrogen) atoms. The molecule has 2 rings (SSSR count). The largest absolute Gasteiger partial charge is 0.466 e. The number of ether oxygens (including phenoxy) is 1. The first-order chi connectivity index (χ1) is 9.69. The van der Waals surface area contributed by atoms with Gasteiger partial charge in [0.1, 0.15) is 5.82 Å². The van der Waals surface area contributed by atoms with E-state index < -0.39 is 0 Å². The summed E-state index contributed by atoms with van der Waals surface area (Å²) in [5.41, 5.74) is 1.18. The SMILES string of the molecule is CCOC(=O)CCc1csc(Nc2ccccc2F)n1. The van der Waals surface area contributed by atoms with Gasteiger partial charge in [-0.1, -0.05) is 12.1 Å². The highest BCUT2D eigenvalue weighted by Crippen LogP contribution is 2.23. The Labute approximate surface area is 120 Å². The van der Waals surface area contributed by atoms with E-state index in [0.29, 0.717) is 30.3 Å². The summed E-state index contributed by atoms with van der Waals surface area (Å²) in [7, 11) is 0. The zero-order chi connectivity index (χ0) is 14.4. The number of thiazole rings is 1. The molecule has 0 radical (unpaired) electrons. The topological polar surface area (TPSA) is 51.2 Å². The lowest BCUT2D eigenvalue weighted by Crippen LogP contribution is -2.05. The van der Waals surface area contributed by atoms with Gasteiger partial charge in [0.15, 0.2) is 5.13 Å². The summed E-state index contributed by atoms with van der Waals surface area (Å²) in [6.07, 6.45) is 0.824. The molecule has 0 aliphatic carbocycles. The Morgan fingerprint density at radius 1 is 1.45 bits per heavy atom. The van der Waals surface area contributed by atoms with Crippen LogP contribution in [-0.4, -0.2) is 17.6 Å². The average Bonchev–Trinajstić information content (AvgIpc) is 2.87. The molecule has 1 aromatic carbocycles. The fourth-order valence-electron chi connectivity index (χ4n) is 1.62. The lowest BCUT2D eigenvalue weighted by atomic mass is 10.2. The second kappa shape index (κ2) is 7.00. The van der Waals surface area contributed by atoms with Crippen molar-refractivity contribution in [3.8, 4) is 0 Å². The minimum atomic E-state index is -0.323. The van der Waals surface area contributed by atoms with Crippen molar-refractivity contribution >= 4 is 28.1 Å². The molecule has 106 valence electrons. The van der Waals surface area contributed by atoms with E-state index in [1.54, 1.807) is 25.1 Å². The minimum absolute atomic E-state index is 0.232. The fourth-order valence-corrected chi connectivity index (χ4v) is 2.38. The molecule has 0 aliphatic rings. The van der Waals surface area contributed by atoms with Crippen molar-refractivity contribution in [2.75, 3.05) is 11.9 Å². The van der Waals surface area contributed by atoms with Gasteiger partial charge < -0.3 is 10.1 Å². The number of esters is 1. The Hall–Kier alpha value is -1.95. The number of hydrogen-bond acceptors (Lipinski definition) is 5. The van der Waals surface area contributed by atoms with Gasteiger partial charge in [-0.3, -0.25) is 4.79 Å². The molecule has 2 aromatic rings. The van der Waals surface area contributed by atoms with Crippen LogP contribution in [-0.2, 0) is 16.0 Å². The maximum atomic E-state index is 13.5. The first-order valence-corrected chi connectivity index (χ1v) is 7.18. The predicted molar refractivity (Wildman–Crippen MR) is 76.8 cm³/mol. The highest BCUT2D eigenvalue weighted by atomic mass is 32.1. The first kappa shape index (κ1) is 14.5. The van der Waals surface area contributed by atoms with Gasteiger partial charge in [-0.2, -0.15) is 0 Å². The quantitative estimate of drug-likeness (QED) is 0.828. The standard InChI is InChI=1S/C14H15FN2O2S/c1-2-19-13(18)8-7-10-9-20-14(16-10)17-12-6-4-3-5-11(12)15/h3-6,9H,2,7-8H2,1H3,(H,16,17). The van der Waals surface area contributed by atoms with Crippen LogP contribution in [0, 0.1) is 5.82 Å². The predicted octanol–water partition coefficient (Wildman–Crippen LogP) is 3.52. The molecular weight excluding hydrogens is 279 g/mol. The Morgan fingerprint density at radius 3 is 3.00 bits per heavy atom. The van der Waals surface area contributed by atoms with Crippen molar-refractivity contribution in [2.24, 2.45) is 0 Å². The third-order valence-corrected chi connectivity index (χ3v) is 3.36. The number of nitrogens with one attached hydrogen (secondary N) is 1. The number of carbonyl (C=O) groups excluding carboxylic acids is 1. The molecule has 0 amide bonds. The summed E-state index contributed by atoms with van der Waals surface area (Å²) in [6, 6.07) is 6.42. The van der Waals surface area contributed by atoms with Crippen molar-refractivity contribution in [2.45, 2.75) is 19.8 Å². The van der Waals surface area contributed by atoms with Crippen LogP contribution in [0.2, 0.25) is 0 Å². The summed E-state index contributed by atoms with van der Waals surface area (Å²) < 4.78 is 18.3. The van der Waals surface area contributed by atoms with Crippen molar-refractivity contribution in [1.82, 2.24) is 4.98 Å². The van der Waals surface area contributed by atoms with E-state index >= 15 is 0 Å². The fraction of sp³-hybridized carbons (Fsp3) is 0.286. The van der Waals surface area contributed by atoms with Crippen LogP contribution < -0.4 is 5.32 Å². The van der Waals surface area contributed by atoms with Gasteiger partial charge in [-0.05, 0) is 19.1 Å². The Bertz CT molecular complexity index is 586. The van der Waals surface area contributed by atoms with Crippen molar-refractivity contribution in [3.05, 3.63) is 41.2 Å². The molecular formula is C14H15FN2O2S. The number of nitrogens with zero attached hydrogens (tertiary/aromatic N) is 1. The number of benzene rings is 1. The maximum Gasteiger partial charge on any atom is 0.306 e. The normalized spacial score (nSPS) is 10.3. The summed E-state index contributed by atoms with van der Waals surface area (Å²) in [4.78, 5) is 15.6. The van der Waals surface area contributed by atoms with E-state index in [0.717, 1.165) is 5.69 Å². The van der Waals surface area contributed by atoms with Crippen molar-refractivity contribution < 1.29 is 13.9 Å². The third-order valence-electron chi connectivity index (χ3n) is 2.56. The van der Waals surface area contributed by atoms with E-state index in [9.17, 15) is 9.18 Å². The van der Waals surface area contributed by atoms with E-state index in [-0.39, 0.29) is 11.8 Å². The van der Waals surface area contributed by atoms with Gasteiger partial charge in [-0.25, -0.2) is 9.37 Å². The van der Waals surface area contributed by atoms with Crippen LogP contribution in [0.4, 0.5) is 15.2 Å². The van der Waals surface area contributed by atoms with Gasteiger partial charge in [0.25, 0.3) is 0 Å². The second-order valence-electron chi connectivity index (χ2n) is 4.05. The molecule has 0 unspecified atom stereocenters. The zero-order valence-corrected chi connectivity index (χ0v) is 11.9. The van der Waals surface area contributed by atoms with Crippen LogP contribution in [0.1, 0.15) is 19.0 Å². The van der Waals surface area contributed by atoms with Crippen LogP contribution in [0.15, 0.2) is 29.6 Å². The molecule has 0 aliphatic heterocycles. The summed E-state index contributed by atoms with van der Waals surface area (Å²) in [6.45, 7) is 2.16. The maximum absolute atomic E-state index is 13.5. The Morgan fingerprint density at radius 2 is 2.25 bits per heavy atom. The molecule has 0 spiro atoms. The van der Waals surface area contributed by atoms with E-state index in [1.165, 1.54) is 17.4 Å². The molecule has 0 bridgehead atoms. The molecule has 4 nitrogen and oxygen atoms in total. The van der Waals surface area contributed by atoms with Crippen LogP contribution in [0.3, 0.4) is 0 Å². The zero-order valence-electron chi connectivity index (χ0n) is 11.1. The van der Waals surface area contributed by atoms with Gasteiger partial charge in [0, 0.05) is 11.8 Å². The molecule has 0 atom stereocenters. The lowest BCUT2D eigenvalue weighted by molar-refractivity contribution is -0.143. The number of aryl methyl sites for hydroxylation is 1. The van der Waals surface area contributed by atoms with Gasteiger partial charge >= 0.3 is 5.97 Å². The van der Waals surface area contributed by atoms with Crippen LogP contribution in [0.25, 0.3) is 0 Å². The third kappa shape index (κ3) is 4.03. The number of halogens is 1. The Balaban J connectivity index is 1.92. The molecule has 6 heteroatoms. The van der Waals surface area contributed by atoms with Crippen LogP contribution in [0.5, 0.6) is 0 Å². The highest BCUT2D eigenvalue weighted by Gasteiger charge is 2.08. The monoisotopic (exact) mass is 294 g/mol. The molecule has 0 saturated heterocycles. The number of carbonyl (C=O) groups is 1. The Kier molecular flexibility index (Phi) is 5.06. The molecule has 1 aromatic heterocycles. The highest BCUT2D eigenvalue weighted by molar-refractivity contribution is 7.13. The molecule has 1 N–H and O–H groups in total. The minimum Gasteiger partial charge on any atom is -0.466 e. The number of hydrogen-bond donors (Lipinski definition) is 1. The number of anilines is 2. The number of rotatable bonds is 6. The molecule has 1 heterocycles. The number of para-hydroxylation sites is 1. The second-order valence-corrected chi connectivity index (χ2v) is 4.91. The first-order valence-electron chi connectivity index (χ1n) is 6.30. The summed E-state index contributed by atoms with van der Waals surface area (Å²) >= 11 is 1.38. The summed E-state index contributed by atoms with van der Waals surface area (Å²) in [5.74, 6) is -0.556. The van der Waals surface area contributed by atoms with Gasteiger partial charge in [-0.15, -0.1) is 11.3 Å². The average molecular weight is 294 g/mol. The van der Waals surface area contributed by atoms with Crippen molar-refractivity contribution in [3.63, 3.8) is 0 Å². The van der Waals surface area contributed by atoms with E-state index in [2.05, 4.69) is 10.3 Å². The van der Waals surface area contributed by atoms with Crippen LogP contribution >= 0.6 is 11.3 Å². The molecule has 0 saturated carbocycles. The molecule has 0 fully saturated rings.